The molecule has 0 bridgehead atoms. The Labute approximate surface area is 127 Å². The van der Waals surface area contributed by atoms with Crippen molar-refractivity contribution in [3.05, 3.63) is 0 Å². The fraction of sp³-hybridized carbons (Fsp3) is 0.867. The van der Waals surface area contributed by atoms with Crippen LogP contribution in [0.1, 0.15) is 34.1 Å². The van der Waals surface area contributed by atoms with Gasteiger partial charge in [-0.15, -0.1) is 0 Å². The maximum Gasteiger partial charge on any atom is 0.407 e. The number of carbonyl (C=O) groups is 2. The fourth-order valence-electron chi connectivity index (χ4n) is 2.39. The van der Waals surface area contributed by atoms with Gasteiger partial charge in [0.1, 0.15) is 12.2 Å². The van der Waals surface area contributed by atoms with Gasteiger partial charge in [0.05, 0.1) is 0 Å². The van der Waals surface area contributed by atoms with Crippen LogP contribution in [0.2, 0.25) is 0 Å². The van der Waals surface area contributed by atoms with Gasteiger partial charge in [0.15, 0.2) is 0 Å². The number of ether oxygens (including phenoxy) is 2. The van der Waals surface area contributed by atoms with Crippen molar-refractivity contribution in [1.29, 1.82) is 0 Å². The summed E-state index contributed by atoms with van der Waals surface area (Å²) in [7, 11) is 1.52. The van der Waals surface area contributed by atoms with E-state index in [0.29, 0.717) is 19.0 Å². The second-order valence-corrected chi connectivity index (χ2v) is 6.68. The normalized spacial score (nSPS) is 22.8. The molecule has 0 radical (unpaired) electrons. The second kappa shape index (κ2) is 7.64. The molecule has 0 spiro atoms. The van der Waals surface area contributed by atoms with Crippen LogP contribution < -0.4 is 5.32 Å². The van der Waals surface area contributed by atoms with Crippen LogP contribution in [-0.2, 0) is 14.3 Å². The lowest BCUT2D eigenvalue weighted by atomic mass is 9.87. The summed E-state index contributed by atoms with van der Waals surface area (Å²) in [6.45, 7) is 9.70. The monoisotopic (exact) mass is 300 g/mol. The van der Waals surface area contributed by atoms with Crippen LogP contribution >= 0.6 is 0 Å². The highest BCUT2D eigenvalue weighted by atomic mass is 16.6. The van der Waals surface area contributed by atoms with Gasteiger partial charge in [-0.05, 0) is 39.0 Å². The Morgan fingerprint density at radius 3 is 2.57 bits per heavy atom. The van der Waals surface area contributed by atoms with Crippen LogP contribution in [0.4, 0.5) is 4.79 Å². The van der Waals surface area contributed by atoms with Gasteiger partial charge in [-0.1, -0.05) is 6.92 Å². The summed E-state index contributed by atoms with van der Waals surface area (Å²) in [5.74, 6) is 0.713. The molecule has 1 heterocycles. The van der Waals surface area contributed by atoms with Gasteiger partial charge in [-0.2, -0.15) is 0 Å². The summed E-state index contributed by atoms with van der Waals surface area (Å²) in [5.41, 5.74) is -0.497. The highest BCUT2D eigenvalue weighted by Crippen LogP contribution is 2.22. The van der Waals surface area contributed by atoms with Crippen LogP contribution in [-0.4, -0.2) is 55.9 Å². The number of hydrogen-bond acceptors (Lipinski definition) is 4. The molecular formula is C15H28N2O4. The first-order valence-electron chi connectivity index (χ1n) is 7.46. The zero-order valence-electron chi connectivity index (χ0n) is 13.8. The van der Waals surface area contributed by atoms with Gasteiger partial charge in [0.25, 0.3) is 0 Å². The zero-order chi connectivity index (χ0) is 16.0. The predicted octanol–water partition coefficient (Wildman–Crippen LogP) is 1.64. The molecule has 21 heavy (non-hydrogen) atoms. The number of piperidine rings is 1. The van der Waals surface area contributed by atoms with Crippen molar-refractivity contribution in [3.8, 4) is 0 Å². The molecule has 1 rings (SSSR count). The van der Waals surface area contributed by atoms with E-state index in [1.54, 1.807) is 0 Å². The first-order chi connectivity index (χ1) is 9.73. The van der Waals surface area contributed by atoms with Crippen molar-refractivity contribution in [2.75, 3.05) is 33.4 Å². The van der Waals surface area contributed by atoms with Gasteiger partial charge < -0.3 is 19.7 Å². The Morgan fingerprint density at radius 1 is 1.33 bits per heavy atom. The molecule has 1 fully saturated rings. The van der Waals surface area contributed by atoms with E-state index in [-0.39, 0.29) is 18.4 Å². The standard InChI is InChI=1S/C15H28N2O4/c1-11-6-7-17(13(18)10-20-5)9-12(11)8-16-14(19)21-15(2,3)4/h11-12H,6-10H2,1-5H3,(H,16,19)/t11-,12+/m0/s1. The van der Waals surface area contributed by atoms with E-state index >= 15 is 0 Å². The van der Waals surface area contributed by atoms with Crippen molar-refractivity contribution in [3.63, 3.8) is 0 Å². The molecule has 0 aromatic rings. The molecule has 2 amide bonds. The van der Waals surface area contributed by atoms with Crippen LogP contribution in [0.25, 0.3) is 0 Å². The predicted molar refractivity (Wildman–Crippen MR) is 80.0 cm³/mol. The molecule has 1 N–H and O–H groups in total. The maximum atomic E-state index is 11.9. The molecule has 6 heteroatoms. The van der Waals surface area contributed by atoms with Gasteiger partial charge in [-0.3, -0.25) is 4.79 Å². The van der Waals surface area contributed by atoms with Crippen molar-refractivity contribution in [2.45, 2.75) is 39.7 Å². The minimum Gasteiger partial charge on any atom is -0.444 e. The van der Waals surface area contributed by atoms with E-state index in [1.807, 2.05) is 25.7 Å². The van der Waals surface area contributed by atoms with E-state index in [0.717, 1.165) is 13.0 Å². The first-order valence-corrected chi connectivity index (χ1v) is 7.46. The molecule has 6 nitrogen and oxygen atoms in total. The summed E-state index contributed by atoms with van der Waals surface area (Å²) in [4.78, 5) is 25.4. The fourth-order valence-corrected chi connectivity index (χ4v) is 2.39. The van der Waals surface area contributed by atoms with Crippen molar-refractivity contribution >= 4 is 12.0 Å². The summed E-state index contributed by atoms with van der Waals surface area (Å²) in [6, 6.07) is 0. The molecule has 2 atom stereocenters. The Kier molecular flexibility index (Phi) is 6.45. The van der Waals surface area contributed by atoms with Gasteiger partial charge >= 0.3 is 6.09 Å². The van der Waals surface area contributed by atoms with Gasteiger partial charge in [0.2, 0.25) is 5.91 Å². The summed E-state index contributed by atoms with van der Waals surface area (Å²) >= 11 is 0. The lowest BCUT2D eigenvalue weighted by molar-refractivity contribution is -0.137. The zero-order valence-corrected chi connectivity index (χ0v) is 13.8. The average Bonchev–Trinajstić information content (AvgIpc) is 2.36. The third kappa shape index (κ3) is 6.33. The number of likely N-dealkylation sites (tertiary alicyclic amines) is 1. The number of rotatable bonds is 4. The Balaban J connectivity index is 2.45. The molecule has 0 saturated carbocycles. The Bertz CT molecular complexity index is 365. The van der Waals surface area contributed by atoms with E-state index in [1.165, 1.54) is 7.11 Å². The molecule has 1 aliphatic heterocycles. The molecule has 0 aromatic carbocycles. The number of amides is 2. The summed E-state index contributed by atoms with van der Waals surface area (Å²) in [5, 5.41) is 2.80. The van der Waals surface area contributed by atoms with E-state index in [2.05, 4.69) is 12.2 Å². The molecule has 0 aromatic heterocycles. The van der Waals surface area contributed by atoms with E-state index < -0.39 is 11.7 Å². The molecule has 1 saturated heterocycles. The molecular weight excluding hydrogens is 272 g/mol. The minimum atomic E-state index is -0.497. The van der Waals surface area contributed by atoms with Gasteiger partial charge in [0, 0.05) is 26.7 Å². The number of carbonyl (C=O) groups excluding carboxylic acids is 2. The SMILES string of the molecule is COCC(=O)N1CC[C@H](C)[C@H](CNC(=O)OC(C)(C)C)C1. The highest BCUT2D eigenvalue weighted by molar-refractivity contribution is 5.77. The minimum absolute atomic E-state index is 0.00617. The van der Waals surface area contributed by atoms with Crippen molar-refractivity contribution < 1.29 is 19.1 Å². The van der Waals surface area contributed by atoms with E-state index in [9.17, 15) is 9.59 Å². The largest absolute Gasteiger partial charge is 0.444 e. The number of nitrogens with one attached hydrogen (secondary N) is 1. The maximum absolute atomic E-state index is 11.9. The summed E-state index contributed by atoms with van der Waals surface area (Å²) in [6.07, 6.45) is 0.533. The van der Waals surface area contributed by atoms with E-state index in [4.69, 9.17) is 9.47 Å². The molecule has 0 aliphatic carbocycles. The van der Waals surface area contributed by atoms with Crippen LogP contribution in [0.15, 0.2) is 0 Å². The lowest BCUT2D eigenvalue weighted by Crippen LogP contribution is -2.48. The second-order valence-electron chi connectivity index (χ2n) is 6.68. The smallest absolute Gasteiger partial charge is 0.407 e. The first kappa shape index (κ1) is 17.8. The van der Waals surface area contributed by atoms with Crippen molar-refractivity contribution in [1.82, 2.24) is 10.2 Å². The molecule has 0 unspecified atom stereocenters. The molecule has 122 valence electrons. The number of alkyl carbamates (subject to hydrolysis) is 1. The lowest BCUT2D eigenvalue weighted by Gasteiger charge is -2.37. The third-order valence-electron chi connectivity index (χ3n) is 3.64. The quantitative estimate of drug-likeness (QED) is 0.857. The summed E-state index contributed by atoms with van der Waals surface area (Å²) < 4.78 is 10.1. The van der Waals surface area contributed by atoms with Crippen molar-refractivity contribution in [2.24, 2.45) is 11.8 Å². The third-order valence-corrected chi connectivity index (χ3v) is 3.64. The Morgan fingerprint density at radius 2 is 2.00 bits per heavy atom. The van der Waals surface area contributed by atoms with Gasteiger partial charge in [-0.25, -0.2) is 4.79 Å². The number of nitrogens with zero attached hydrogens (tertiary/aromatic N) is 1. The highest BCUT2D eigenvalue weighted by Gasteiger charge is 2.29. The topological polar surface area (TPSA) is 67.9 Å². The number of hydrogen-bond donors (Lipinski definition) is 1. The Hall–Kier alpha value is -1.30. The average molecular weight is 300 g/mol. The number of methoxy groups -OCH3 is 1. The van der Waals surface area contributed by atoms with Crippen LogP contribution in [0, 0.1) is 11.8 Å². The molecule has 1 aliphatic rings. The van der Waals surface area contributed by atoms with Crippen LogP contribution in [0.5, 0.6) is 0 Å². The van der Waals surface area contributed by atoms with Crippen LogP contribution in [0.3, 0.4) is 0 Å².